The van der Waals surface area contributed by atoms with Crippen molar-refractivity contribution in [2.75, 3.05) is 0 Å². The third-order valence-electron chi connectivity index (χ3n) is 3.43. The van der Waals surface area contributed by atoms with Crippen LogP contribution in [-0.4, -0.2) is 5.11 Å². The molecule has 19 heavy (non-hydrogen) atoms. The first-order valence-electron chi connectivity index (χ1n) is 6.43. The highest BCUT2D eigenvalue weighted by Gasteiger charge is 2.25. The van der Waals surface area contributed by atoms with Gasteiger partial charge in [-0.25, -0.2) is 4.39 Å². The van der Waals surface area contributed by atoms with Gasteiger partial charge in [0.25, 0.3) is 0 Å². The Kier molecular flexibility index (Phi) is 3.72. The quantitative estimate of drug-likeness (QED) is 0.885. The lowest BCUT2D eigenvalue weighted by Gasteiger charge is -2.26. The van der Waals surface area contributed by atoms with Gasteiger partial charge in [-0.3, -0.25) is 0 Å². The molecule has 0 aliphatic carbocycles. The molecule has 2 aromatic rings. The van der Waals surface area contributed by atoms with Crippen molar-refractivity contribution in [3.05, 3.63) is 70.5 Å². The number of aliphatic hydroxyl groups is 1. The van der Waals surface area contributed by atoms with E-state index < -0.39 is 5.60 Å². The molecular formula is C17H19FO. The van der Waals surface area contributed by atoms with Crippen LogP contribution >= 0.6 is 0 Å². The molecule has 0 spiro atoms. The van der Waals surface area contributed by atoms with Gasteiger partial charge in [0.1, 0.15) is 5.82 Å². The smallest absolute Gasteiger partial charge is 0.123 e. The number of rotatable bonds is 3. The fraction of sp³-hybridized carbons (Fsp3) is 0.294. The van der Waals surface area contributed by atoms with Crippen LogP contribution in [-0.2, 0) is 12.0 Å². The van der Waals surface area contributed by atoms with E-state index in [0.29, 0.717) is 6.42 Å². The second kappa shape index (κ2) is 5.14. The monoisotopic (exact) mass is 258 g/mol. The Hall–Kier alpha value is -1.67. The van der Waals surface area contributed by atoms with E-state index in [2.05, 4.69) is 0 Å². The summed E-state index contributed by atoms with van der Waals surface area (Å²) in [5.41, 5.74) is 3.09. The molecule has 1 unspecified atom stereocenters. The van der Waals surface area contributed by atoms with Crippen molar-refractivity contribution in [2.24, 2.45) is 0 Å². The highest BCUT2D eigenvalue weighted by Crippen LogP contribution is 2.28. The molecule has 100 valence electrons. The topological polar surface area (TPSA) is 20.2 Å². The highest BCUT2D eigenvalue weighted by atomic mass is 19.1. The van der Waals surface area contributed by atoms with E-state index in [9.17, 15) is 9.50 Å². The first kappa shape index (κ1) is 13.8. The molecule has 0 saturated carbocycles. The molecule has 1 N–H and O–H groups in total. The highest BCUT2D eigenvalue weighted by molar-refractivity contribution is 5.36. The molecule has 0 radical (unpaired) electrons. The lowest BCUT2D eigenvalue weighted by atomic mass is 9.85. The van der Waals surface area contributed by atoms with E-state index >= 15 is 0 Å². The molecule has 1 nitrogen and oxygen atoms in total. The van der Waals surface area contributed by atoms with Gasteiger partial charge in [0.2, 0.25) is 0 Å². The van der Waals surface area contributed by atoms with E-state index in [1.807, 2.05) is 32.0 Å². The van der Waals surface area contributed by atoms with Crippen LogP contribution in [0.5, 0.6) is 0 Å². The predicted molar refractivity (Wildman–Crippen MR) is 75.6 cm³/mol. The van der Waals surface area contributed by atoms with Crippen LogP contribution in [0, 0.1) is 19.7 Å². The van der Waals surface area contributed by atoms with Crippen LogP contribution in [0.15, 0.2) is 42.5 Å². The summed E-state index contributed by atoms with van der Waals surface area (Å²) in [6, 6.07) is 12.3. The molecule has 0 aliphatic rings. The molecule has 2 heteroatoms. The largest absolute Gasteiger partial charge is 0.385 e. The van der Waals surface area contributed by atoms with Gasteiger partial charge in [0.05, 0.1) is 5.60 Å². The average molecular weight is 258 g/mol. The third kappa shape index (κ3) is 3.21. The van der Waals surface area contributed by atoms with E-state index in [0.717, 1.165) is 22.3 Å². The summed E-state index contributed by atoms with van der Waals surface area (Å²) >= 11 is 0. The summed E-state index contributed by atoms with van der Waals surface area (Å²) in [6.45, 7) is 5.81. The minimum Gasteiger partial charge on any atom is -0.385 e. The van der Waals surface area contributed by atoms with Gasteiger partial charge in [0, 0.05) is 6.42 Å². The molecule has 2 aromatic carbocycles. The molecule has 1 atom stereocenters. The zero-order chi connectivity index (χ0) is 14.0. The molecular weight excluding hydrogens is 239 g/mol. The molecule has 0 saturated heterocycles. The Balaban J connectivity index is 2.31. The van der Waals surface area contributed by atoms with Crippen LogP contribution in [0.3, 0.4) is 0 Å². The lowest BCUT2D eigenvalue weighted by molar-refractivity contribution is 0.0569. The van der Waals surface area contributed by atoms with E-state index in [-0.39, 0.29) is 5.82 Å². The predicted octanol–water partition coefficient (Wildman–Crippen LogP) is 3.89. The minimum absolute atomic E-state index is 0.255. The van der Waals surface area contributed by atoms with Crippen molar-refractivity contribution in [1.82, 2.24) is 0 Å². The van der Waals surface area contributed by atoms with Crippen LogP contribution in [0.2, 0.25) is 0 Å². The van der Waals surface area contributed by atoms with Gasteiger partial charge in [-0.05, 0) is 49.6 Å². The van der Waals surface area contributed by atoms with Crippen LogP contribution in [0.4, 0.5) is 4.39 Å². The SMILES string of the molecule is Cc1ccc(C)c(C(C)(O)Cc2ccc(F)cc2)c1. The summed E-state index contributed by atoms with van der Waals surface area (Å²) in [5, 5.41) is 10.7. The average Bonchev–Trinajstić information content (AvgIpc) is 2.35. The molecule has 2 rings (SSSR count). The maximum absolute atomic E-state index is 12.9. The Labute approximate surface area is 113 Å². The molecule has 0 aromatic heterocycles. The second-order valence-electron chi connectivity index (χ2n) is 5.40. The Morgan fingerprint density at radius 3 is 2.32 bits per heavy atom. The number of halogens is 1. The van der Waals surface area contributed by atoms with E-state index in [1.165, 1.54) is 12.1 Å². The standard InChI is InChI=1S/C17H19FO/c1-12-4-5-13(2)16(10-12)17(3,19)11-14-6-8-15(18)9-7-14/h4-10,19H,11H2,1-3H3. The lowest BCUT2D eigenvalue weighted by Crippen LogP contribution is -2.25. The van der Waals surface area contributed by atoms with Crippen LogP contribution in [0.25, 0.3) is 0 Å². The first-order valence-corrected chi connectivity index (χ1v) is 6.43. The van der Waals surface area contributed by atoms with Crippen molar-refractivity contribution in [3.8, 4) is 0 Å². The second-order valence-corrected chi connectivity index (χ2v) is 5.40. The van der Waals surface area contributed by atoms with Crippen molar-refractivity contribution in [1.29, 1.82) is 0 Å². The summed E-state index contributed by atoms with van der Waals surface area (Å²) in [6.07, 6.45) is 0.470. The zero-order valence-corrected chi connectivity index (χ0v) is 11.6. The number of hydrogen-bond donors (Lipinski definition) is 1. The summed E-state index contributed by atoms with van der Waals surface area (Å²) in [7, 11) is 0. The maximum Gasteiger partial charge on any atom is 0.123 e. The molecule has 0 amide bonds. The van der Waals surface area contributed by atoms with Gasteiger partial charge < -0.3 is 5.11 Å². The summed E-state index contributed by atoms with van der Waals surface area (Å²) < 4.78 is 12.9. The normalized spacial score (nSPS) is 14.2. The fourth-order valence-corrected chi connectivity index (χ4v) is 2.41. The van der Waals surface area contributed by atoms with Crippen LogP contribution in [0.1, 0.15) is 29.2 Å². The molecule has 0 bridgehead atoms. The van der Waals surface area contributed by atoms with E-state index in [1.54, 1.807) is 19.1 Å². The summed E-state index contributed by atoms with van der Waals surface area (Å²) in [5.74, 6) is -0.255. The third-order valence-corrected chi connectivity index (χ3v) is 3.43. The van der Waals surface area contributed by atoms with Crippen molar-refractivity contribution >= 4 is 0 Å². The van der Waals surface area contributed by atoms with E-state index in [4.69, 9.17) is 0 Å². The van der Waals surface area contributed by atoms with Crippen molar-refractivity contribution < 1.29 is 9.50 Å². The van der Waals surface area contributed by atoms with Gasteiger partial charge in [-0.1, -0.05) is 35.9 Å². The van der Waals surface area contributed by atoms with Gasteiger partial charge in [-0.2, -0.15) is 0 Å². The number of benzene rings is 2. The molecule has 0 fully saturated rings. The Morgan fingerprint density at radius 1 is 1.05 bits per heavy atom. The number of aryl methyl sites for hydroxylation is 2. The molecule has 0 aliphatic heterocycles. The fourth-order valence-electron chi connectivity index (χ4n) is 2.41. The van der Waals surface area contributed by atoms with Gasteiger partial charge in [-0.15, -0.1) is 0 Å². The van der Waals surface area contributed by atoms with Crippen molar-refractivity contribution in [2.45, 2.75) is 32.8 Å². The summed E-state index contributed by atoms with van der Waals surface area (Å²) in [4.78, 5) is 0. The van der Waals surface area contributed by atoms with Gasteiger partial charge in [0.15, 0.2) is 0 Å². The molecule has 0 heterocycles. The Morgan fingerprint density at radius 2 is 1.68 bits per heavy atom. The minimum atomic E-state index is -0.950. The van der Waals surface area contributed by atoms with Crippen LogP contribution < -0.4 is 0 Å². The van der Waals surface area contributed by atoms with Crippen molar-refractivity contribution in [3.63, 3.8) is 0 Å². The first-order chi connectivity index (χ1) is 8.88. The number of hydrogen-bond acceptors (Lipinski definition) is 1. The maximum atomic E-state index is 12.9. The zero-order valence-electron chi connectivity index (χ0n) is 11.6. The van der Waals surface area contributed by atoms with Gasteiger partial charge >= 0.3 is 0 Å². The Bertz CT molecular complexity index is 570.